The van der Waals surface area contributed by atoms with Crippen molar-refractivity contribution in [2.75, 3.05) is 10.6 Å². The fourth-order valence-corrected chi connectivity index (χ4v) is 2.56. The second-order valence-electron chi connectivity index (χ2n) is 7.07. The van der Waals surface area contributed by atoms with E-state index in [1.807, 2.05) is 45.9 Å². The van der Waals surface area contributed by atoms with Crippen LogP contribution in [-0.2, 0) is 4.74 Å². The maximum atomic E-state index is 11.7. The lowest BCUT2D eigenvalue weighted by Crippen LogP contribution is -2.34. The first kappa shape index (κ1) is 15.7. The molecule has 0 aliphatic heterocycles. The Balaban J connectivity index is 1.94. The van der Waals surface area contributed by atoms with Gasteiger partial charge in [-0.2, -0.15) is 0 Å². The van der Waals surface area contributed by atoms with Crippen molar-refractivity contribution in [2.24, 2.45) is 5.92 Å². The van der Waals surface area contributed by atoms with Crippen LogP contribution in [0.15, 0.2) is 18.2 Å². The van der Waals surface area contributed by atoms with Gasteiger partial charge in [-0.25, -0.2) is 4.79 Å². The van der Waals surface area contributed by atoms with Crippen molar-refractivity contribution in [1.82, 2.24) is 0 Å². The average molecular weight is 290 g/mol. The second kappa shape index (κ2) is 5.96. The fourth-order valence-electron chi connectivity index (χ4n) is 2.56. The minimum absolute atomic E-state index is 0.421. The Hall–Kier alpha value is -1.71. The zero-order chi connectivity index (χ0) is 15.6. The van der Waals surface area contributed by atoms with E-state index < -0.39 is 11.7 Å². The minimum Gasteiger partial charge on any atom is -0.444 e. The molecule has 0 atom stereocenters. The van der Waals surface area contributed by atoms with E-state index in [4.69, 9.17) is 4.74 Å². The first-order valence-electron chi connectivity index (χ1n) is 7.60. The molecule has 0 aromatic heterocycles. The van der Waals surface area contributed by atoms with Crippen LogP contribution in [0.5, 0.6) is 0 Å². The number of anilines is 2. The van der Waals surface area contributed by atoms with Crippen molar-refractivity contribution in [3.05, 3.63) is 23.8 Å². The zero-order valence-electron chi connectivity index (χ0n) is 13.6. The molecule has 0 bridgehead atoms. The maximum absolute atomic E-state index is 11.7. The van der Waals surface area contributed by atoms with Crippen LogP contribution in [0, 0.1) is 12.8 Å². The van der Waals surface area contributed by atoms with E-state index in [-0.39, 0.29) is 0 Å². The summed E-state index contributed by atoms with van der Waals surface area (Å²) >= 11 is 0. The van der Waals surface area contributed by atoms with Crippen LogP contribution in [0.1, 0.15) is 46.1 Å². The molecule has 1 fully saturated rings. The third-order valence-corrected chi connectivity index (χ3v) is 3.61. The van der Waals surface area contributed by atoms with Crippen molar-refractivity contribution in [1.29, 1.82) is 0 Å². The lowest BCUT2D eigenvalue weighted by Gasteiger charge is -2.34. The molecule has 1 aliphatic carbocycles. The molecule has 0 saturated heterocycles. The molecule has 0 radical (unpaired) electrons. The Kier molecular flexibility index (Phi) is 4.45. The number of hydrogen-bond donors (Lipinski definition) is 2. The van der Waals surface area contributed by atoms with Crippen LogP contribution in [0.4, 0.5) is 16.2 Å². The summed E-state index contributed by atoms with van der Waals surface area (Å²) < 4.78 is 5.25. The molecule has 2 rings (SSSR count). The van der Waals surface area contributed by atoms with E-state index in [0.29, 0.717) is 6.04 Å². The van der Waals surface area contributed by atoms with Gasteiger partial charge in [0.05, 0.1) is 0 Å². The average Bonchev–Trinajstić information content (AvgIpc) is 2.27. The topological polar surface area (TPSA) is 50.4 Å². The summed E-state index contributed by atoms with van der Waals surface area (Å²) in [6.07, 6.45) is 2.05. The van der Waals surface area contributed by atoms with Crippen LogP contribution in [0.3, 0.4) is 0 Å². The summed E-state index contributed by atoms with van der Waals surface area (Å²) in [6, 6.07) is 6.48. The number of rotatable bonds is 3. The highest BCUT2D eigenvalue weighted by atomic mass is 16.6. The number of ether oxygens (including phenoxy) is 1. The minimum atomic E-state index is -0.485. The number of nitrogens with one attached hydrogen (secondary N) is 2. The van der Waals surface area contributed by atoms with Crippen LogP contribution in [0.25, 0.3) is 0 Å². The molecule has 4 heteroatoms. The number of carbonyl (C=O) groups is 1. The summed E-state index contributed by atoms with van der Waals surface area (Å²) in [5.74, 6) is 0.830. The van der Waals surface area contributed by atoms with Gasteiger partial charge >= 0.3 is 6.09 Å². The van der Waals surface area contributed by atoms with Crippen LogP contribution < -0.4 is 10.6 Å². The highest BCUT2D eigenvalue weighted by Crippen LogP contribution is 2.31. The third kappa shape index (κ3) is 4.66. The maximum Gasteiger partial charge on any atom is 0.412 e. The van der Waals surface area contributed by atoms with Crippen LogP contribution >= 0.6 is 0 Å². The molecular formula is C17H26N2O2. The summed E-state index contributed by atoms with van der Waals surface area (Å²) in [4.78, 5) is 11.7. The number of benzene rings is 1. The number of aryl methyl sites for hydroxylation is 1. The number of amides is 1. The van der Waals surface area contributed by atoms with E-state index in [1.165, 1.54) is 12.8 Å². The van der Waals surface area contributed by atoms with Gasteiger partial charge in [-0.15, -0.1) is 0 Å². The van der Waals surface area contributed by atoms with E-state index in [0.717, 1.165) is 22.9 Å². The standard InChI is InChI=1S/C17H26N2O2/c1-11-8-14(9-11)18-15-7-6-13(10-12(15)2)19-16(20)21-17(3,4)5/h6-7,10-11,14,18H,8-9H2,1-5H3,(H,19,20). The first-order valence-corrected chi connectivity index (χ1v) is 7.60. The van der Waals surface area contributed by atoms with Gasteiger partial charge in [0.15, 0.2) is 0 Å². The molecular weight excluding hydrogens is 264 g/mol. The Bertz CT molecular complexity index is 514. The largest absolute Gasteiger partial charge is 0.444 e. The summed E-state index contributed by atoms with van der Waals surface area (Å²) in [6.45, 7) is 9.88. The highest BCUT2D eigenvalue weighted by Gasteiger charge is 2.25. The molecule has 0 heterocycles. The molecule has 0 spiro atoms. The van der Waals surface area contributed by atoms with E-state index in [1.54, 1.807) is 0 Å². The van der Waals surface area contributed by atoms with Gasteiger partial charge in [0.1, 0.15) is 5.60 Å². The number of hydrogen-bond acceptors (Lipinski definition) is 3. The summed E-state index contributed by atoms with van der Waals surface area (Å²) in [7, 11) is 0. The Morgan fingerprint density at radius 3 is 2.48 bits per heavy atom. The molecule has 2 N–H and O–H groups in total. The lowest BCUT2D eigenvalue weighted by molar-refractivity contribution is 0.0636. The van der Waals surface area contributed by atoms with Gasteiger partial charge in [0.2, 0.25) is 0 Å². The lowest BCUT2D eigenvalue weighted by atomic mass is 9.81. The Morgan fingerprint density at radius 1 is 1.29 bits per heavy atom. The Morgan fingerprint density at radius 2 is 1.95 bits per heavy atom. The molecule has 1 aromatic rings. The van der Waals surface area contributed by atoms with E-state index in [2.05, 4.69) is 17.6 Å². The van der Waals surface area contributed by atoms with Crippen molar-refractivity contribution in [3.63, 3.8) is 0 Å². The zero-order valence-corrected chi connectivity index (χ0v) is 13.6. The molecule has 1 aliphatic rings. The molecule has 1 aromatic carbocycles. The highest BCUT2D eigenvalue weighted by molar-refractivity contribution is 5.85. The predicted octanol–water partition coefficient (Wildman–Crippen LogP) is 4.55. The summed E-state index contributed by atoms with van der Waals surface area (Å²) in [5.41, 5.74) is 2.54. The van der Waals surface area contributed by atoms with Gasteiger partial charge in [0.25, 0.3) is 0 Å². The molecule has 1 amide bonds. The van der Waals surface area contributed by atoms with E-state index >= 15 is 0 Å². The fraction of sp³-hybridized carbons (Fsp3) is 0.588. The van der Waals surface area contributed by atoms with Crippen molar-refractivity contribution in [3.8, 4) is 0 Å². The SMILES string of the molecule is Cc1cc(NC(=O)OC(C)(C)C)ccc1NC1CC(C)C1. The molecule has 4 nitrogen and oxygen atoms in total. The number of carbonyl (C=O) groups excluding carboxylic acids is 1. The van der Waals surface area contributed by atoms with Gasteiger partial charge in [0, 0.05) is 17.4 Å². The van der Waals surface area contributed by atoms with Crippen molar-refractivity contribution < 1.29 is 9.53 Å². The first-order chi connectivity index (χ1) is 9.73. The second-order valence-corrected chi connectivity index (χ2v) is 7.07. The van der Waals surface area contributed by atoms with Gasteiger partial charge < -0.3 is 10.1 Å². The predicted molar refractivity (Wildman–Crippen MR) is 86.8 cm³/mol. The Labute approximate surface area is 127 Å². The molecule has 116 valence electrons. The molecule has 0 unspecified atom stereocenters. The monoisotopic (exact) mass is 290 g/mol. The van der Waals surface area contributed by atoms with Gasteiger partial charge in [-0.1, -0.05) is 6.92 Å². The van der Waals surface area contributed by atoms with Crippen molar-refractivity contribution in [2.45, 2.75) is 59.1 Å². The van der Waals surface area contributed by atoms with Crippen molar-refractivity contribution >= 4 is 17.5 Å². The van der Waals surface area contributed by atoms with Gasteiger partial charge in [-0.05, 0) is 70.2 Å². The summed E-state index contributed by atoms with van der Waals surface area (Å²) in [5, 5.41) is 6.32. The third-order valence-electron chi connectivity index (χ3n) is 3.61. The quantitative estimate of drug-likeness (QED) is 0.858. The van der Waals surface area contributed by atoms with Crippen LogP contribution in [-0.4, -0.2) is 17.7 Å². The van der Waals surface area contributed by atoms with Crippen LogP contribution in [0.2, 0.25) is 0 Å². The molecule has 21 heavy (non-hydrogen) atoms. The van der Waals surface area contributed by atoms with Gasteiger partial charge in [-0.3, -0.25) is 5.32 Å². The smallest absolute Gasteiger partial charge is 0.412 e. The van der Waals surface area contributed by atoms with E-state index in [9.17, 15) is 4.79 Å². The normalized spacial score (nSPS) is 21.4. The molecule has 1 saturated carbocycles.